The molecule has 0 spiro atoms. The average Bonchev–Trinajstić information content (AvgIpc) is 2.86. The van der Waals surface area contributed by atoms with E-state index in [9.17, 15) is 0 Å². The third kappa shape index (κ3) is 14.7. The summed E-state index contributed by atoms with van der Waals surface area (Å²) in [6.07, 6.45) is 34.1. The molecule has 1 rings (SSSR count). The standard InChI is InChI=1S/C33H61P/c1-5-9-12-15-18-23-28-34(29-24-19-16-13-10-6-2,30-25-20-17-14-11-7-3)31-33-27-22-21-26-32(33)8-4/h8,21-22,26-27,34H,4-7,9-20,23-25,28-31H2,1-3H3. The molecule has 0 atom stereocenters. The molecule has 0 heterocycles. The van der Waals surface area contributed by atoms with Gasteiger partial charge in [-0.25, -0.2) is 0 Å². The Morgan fingerprint density at radius 2 is 0.941 bits per heavy atom. The average molecular weight is 489 g/mol. The minimum absolute atomic E-state index is 1.34. The van der Waals surface area contributed by atoms with Crippen molar-refractivity contribution in [1.29, 1.82) is 0 Å². The van der Waals surface area contributed by atoms with Crippen molar-refractivity contribution in [3.05, 3.63) is 42.0 Å². The van der Waals surface area contributed by atoms with E-state index in [1.165, 1.54) is 127 Å². The van der Waals surface area contributed by atoms with E-state index in [0.717, 1.165) is 0 Å². The van der Waals surface area contributed by atoms with Crippen LogP contribution in [0.5, 0.6) is 0 Å². The number of hydrogen-bond donors (Lipinski definition) is 0. The first-order valence-corrected chi connectivity index (χ1v) is 18.2. The Bertz CT molecular complexity index is 549. The summed E-state index contributed by atoms with van der Waals surface area (Å²) in [5.74, 6) is 0. The fourth-order valence-electron chi connectivity index (χ4n) is 5.78. The molecule has 34 heavy (non-hydrogen) atoms. The molecule has 0 aromatic heterocycles. The van der Waals surface area contributed by atoms with Gasteiger partial charge in [0.2, 0.25) is 0 Å². The zero-order valence-corrected chi connectivity index (χ0v) is 24.7. The first-order valence-electron chi connectivity index (χ1n) is 15.4. The molecule has 0 saturated heterocycles. The van der Waals surface area contributed by atoms with Crippen LogP contribution in [-0.2, 0) is 6.16 Å². The van der Waals surface area contributed by atoms with Gasteiger partial charge in [0.1, 0.15) is 0 Å². The summed E-state index contributed by atoms with van der Waals surface area (Å²) >= 11 is 0. The van der Waals surface area contributed by atoms with Gasteiger partial charge in [0, 0.05) is 0 Å². The monoisotopic (exact) mass is 488 g/mol. The molecule has 0 fully saturated rings. The van der Waals surface area contributed by atoms with Crippen LogP contribution in [-0.4, -0.2) is 18.5 Å². The van der Waals surface area contributed by atoms with Crippen molar-refractivity contribution in [1.82, 2.24) is 0 Å². The van der Waals surface area contributed by atoms with E-state index in [1.54, 1.807) is 24.0 Å². The first-order chi connectivity index (χ1) is 16.7. The zero-order valence-electron chi connectivity index (χ0n) is 23.7. The van der Waals surface area contributed by atoms with Gasteiger partial charge >= 0.3 is 216 Å². The van der Waals surface area contributed by atoms with Crippen LogP contribution in [0.3, 0.4) is 0 Å². The molecule has 1 heteroatoms. The Morgan fingerprint density at radius 1 is 0.559 bits per heavy atom. The SMILES string of the molecule is C=Cc1ccccc1C[PH](CCCCCCCC)(CCCCCCCC)CCCCCCCC. The Kier molecular flexibility index (Phi) is 20.0. The van der Waals surface area contributed by atoms with Gasteiger partial charge in [-0.05, 0) is 0 Å². The first kappa shape index (κ1) is 31.4. The zero-order chi connectivity index (χ0) is 24.7. The van der Waals surface area contributed by atoms with E-state index in [0.29, 0.717) is 0 Å². The van der Waals surface area contributed by atoms with Gasteiger partial charge in [-0.1, -0.05) is 0 Å². The summed E-state index contributed by atoms with van der Waals surface area (Å²) in [6, 6.07) is 9.17. The summed E-state index contributed by atoms with van der Waals surface area (Å²) in [5, 5.41) is 0. The number of rotatable bonds is 24. The number of hydrogen-bond acceptors (Lipinski definition) is 0. The van der Waals surface area contributed by atoms with Crippen LogP contribution in [0.2, 0.25) is 0 Å². The Morgan fingerprint density at radius 3 is 1.35 bits per heavy atom. The molecule has 1 aromatic carbocycles. The maximum atomic E-state index is 4.15. The molecule has 0 aliphatic rings. The third-order valence-electron chi connectivity index (χ3n) is 8.02. The van der Waals surface area contributed by atoms with Crippen LogP contribution in [0.1, 0.15) is 147 Å². The van der Waals surface area contributed by atoms with Crippen molar-refractivity contribution in [2.24, 2.45) is 0 Å². The van der Waals surface area contributed by atoms with Gasteiger partial charge in [-0.3, -0.25) is 0 Å². The molecule has 0 bridgehead atoms. The normalized spacial score (nSPS) is 12.2. The van der Waals surface area contributed by atoms with Crippen molar-refractivity contribution in [2.75, 3.05) is 18.5 Å². The molecule has 0 N–H and O–H groups in total. The summed E-state index contributed by atoms with van der Waals surface area (Å²) in [6.45, 7) is 11.1. The van der Waals surface area contributed by atoms with Gasteiger partial charge in [-0.15, -0.1) is 0 Å². The predicted octanol–water partition coefficient (Wildman–Crippen LogP) is 11.7. The van der Waals surface area contributed by atoms with E-state index >= 15 is 0 Å². The fourth-order valence-corrected chi connectivity index (χ4v) is 11.2. The Labute approximate surface area is 216 Å². The Hall–Kier alpha value is -0.610. The molecular formula is C33H61P. The van der Waals surface area contributed by atoms with Crippen molar-refractivity contribution in [2.45, 2.75) is 143 Å². The van der Waals surface area contributed by atoms with Crippen LogP contribution in [0.4, 0.5) is 0 Å². The summed E-state index contributed by atoms with van der Waals surface area (Å²) < 4.78 is 0. The van der Waals surface area contributed by atoms with E-state index < -0.39 is 7.26 Å². The summed E-state index contributed by atoms with van der Waals surface area (Å²) in [4.78, 5) is 0. The maximum absolute atomic E-state index is 4.15. The van der Waals surface area contributed by atoms with E-state index in [1.807, 2.05) is 0 Å². The molecule has 0 aliphatic heterocycles. The van der Waals surface area contributed by atoms with Gasteiger partial charge in [-0.2, -0.15) is 0 Å². The van der Waals surface area contributed by atoms with Crippen LogP contribution >= 0.6 is 7.26 Å². The minimum atomic E-state index is -1.34. The molecule has 0 saturated carbocycles. The third-order valence-corrected chi connectivity index (χ3v) is 13.4. The molecule has 0 unspecified atom stereocenters. The molecule has 0 aliphatic carbocycles. The molecule has 0 amide bonds. The van der Waals surface area contributed by atoms with Gasteiger partial charge in [0.15, 0.2) is 0 Å². The Balaban J connectivity index is 2.86. The second kappa shape index (κ2) is 21.7. The second-order valence-corrected chi connectivity index (χ2v) is 16.0. The van der Waals surface area contributed by atoms with Crippen LogP contribution in [0.25, 0.3) is 6.08 Å². The van der Waals surface area contributed by atoms with Gasteiger partial charge < -0.3 is 0 Å². The molecular weight excluding hydrogens is 427 g/mol. The van der Waals surface area contributed by atoms with E-state index in [4.69, 9.17) is 0 Å². The molecule has 0 radical (unpaired) electrons. The molecule has 1 aromatic rings. The van der Waals surface area contributed by atoms with E-state index in [-0.39, 0.29) is 0 Å². The van der Waals surface area contributed by atoms with Crippen LogP contribution in [0.15, 0.2) is 30.8 Å². The topological polar surface area (TPSA) is 0 Å². The van der Waals surface area contributed by atoms with Gasteiger partial charge in [0.25, 0.3) is 0 Å². The van der Waals surface area contributed by atoms with Crippen LogP contribution < -0.4 is 0 Å². The number of benzene rings is 1. The van der Waals surface area contributed by atoms with Crippen molar-refractivity contribution >= 4 is 13.3 Å². The summed E-state index contributed by atoms with van der Waals surface area (Å²) in [7, 11) is -1.34. The van der Waals surface area contributed by atoms with Crippen molar-refractivity contribution in [3.8, 4) is 0 Å². The second-order valence-electron chi connectivity index (χ2n) is 11.1. The fraction of sp³-hybridized carbons (Fsp3) is 0.758. The van der Waals surface area contributed by atoms with Gasteiger partial charge in [0.05, 0.1) is 0 Å². The van der Waals surface area contributed by atoms with E-state index in [2.05, 4.69) is 57.7 Å². The summed E-state index contributed by atoms with van der Waals surface area (Å²) in [5.41, 5.74) is 3.00. The van der Waals surface area contributed by atoms with Crippen molar-refractivity contribution in [3.63, 3.8) is 0 Å². The quantitative estimate of drug-likeness (QED) is 0.100. The number of unbranched alkanes of at least 4 members (excludes halogenated alkanes) is 15. The molecule has 198 valence electrons. The predicted molar refractivity (Wildman–Crippen MR) is 163 cm³/mol. The van der Waals surface area contributed by atoms with Crippen molar-refractivity contribution < 1.29 is 0 Å². The molecule has 0 nitrogen and oxygen atoms in total. The van der Waals surface area contributed by atoms with Crippen LogP contribution in [0, 0.1) is 0 Å².